The number of hydrogen-bond acceptors (Lipinski definition) is 4. The standard InChI is InChI=1S/C14H14F3N3O2/c1-3-22-13(21)11-12(14(15,16)17)20(19-18-11)9(2)10-7-5-4-6-8-10/h4-9H,3H2,1-2H3/t9-/m1/s1. The summed E-state index contributed by atoms with van der Waals surface area (Å²) >= 11 is 0. The summed E-state index contributed by atoms with van der Waals surface area (Å²) in [5.41, 5.74) is -1.41. The fourth-order valence-electron chi connectivity index (χ4n) is 2.04. The van der Waals surface area contributed by atoms with Crippen LogP contribution < -0.4 is 0 Å². The number of halogens is 3. The van der Waals surface area contributed by atoms with Crippen LogP contribution in [0.3, 0.4) is 0 Å². The minimum Gasteiger partial charge on any atom is -0.461 e. The number of esters is 1. The quantitative estimate of drug-likeness (QED) is 0.814. The highest BCUT2D eigenvalue weighted by Gasteiger charge is 2.43. The van der Waals surface area contributed by atoms with Gasteiger partial charge in [0.25, 0.3) is 0 Å². The van der Waals surface area contributed by atoms with E-state index >= 15 is 0 Å². The minimum atomic E-state index is -4.77. The second-order valence-corrected chi connectivity index (χ2v) is 4.54. The second-order valence-electron chi connectivity index (χ2n) is 4.54. The van der Waals surface area contributed by atoms with E-state index in [4.69, 9.17) is 0 Å². The molecule has 0 amide bonds. The van der Waals surface area contributed by atoms with E-state index in [0.29, 0.717) is 10.2 Å². The molecule has 1 aromatic carbocycles. The maximum atomic E-state index is 13.3. The van der Waals surface area contributed by atoms with Crippen molar-refractivity contribution in [1.82, 2.24) is 15.0 Å². The fourth-order valence-corrected chi connectivity index (χ4v) is 2.04. The smallest absolute Gasteiger partial charge is 0.435 e. The van der Waals surface area contributed by atoms with E-state index in [2.05, 4.69) is 15.0 Å². The Labute approximate surface area is 124 Å². The predicted molar refractivity (Wildman–Crippen MR) is 71.2 cm³/mol. The summed E-state index contributed by atoms with van der Waals surface area (Å²) < 4.78 is 45.2. The molecular formula is C14H14F3N3O2. The molecule has 118 valence electrons. The van der Waals surface area contributed by atoms with Crippen LogP contribution in [0.4, 0.5) is 13.2 Å². The molecule has 1 aromatic heterocycles. The summed E-state index contributed by atoms with van der Waals surface area (Å²) in [6, 6.07) is 7.80. The summed E-state index contributed by atoms with van der Waals surface area (Å²) in [5, 5.41) is 6.87. The van der Waals surface area contributed by atoms with Gasteiger partial charge in [0.15, 0.2) is 5.69 Å². The number of carbonyl (C=O) groups is 1. The number of ether oxygens (including phenoxy) is 1. The van der Waals surface area contributed by atoms with Crippen molar-refractivity contribution in [2.45, 2.75) is 26.1 Å². The molecule has 0 unspecified atom stereocenters. The average Bonchev–Trinajstić information content (AvgIpc) is 2.92. The molecular weight excluding hydrogens is 299 g/mol. The molecule has 0 N–H and O–H groups in total. The Morgan fingerprint density at radius 1 is 1.32 bits per heavy atom. The van der Waals surface area contributed by atoms with Gasteiger partial charge >= 0.3 is 12.1 Å². The van der Waals surface area contributed by atoms with Gasteiger partial charge in [-0.05, 0) is 19.4 Å². The van der Waals surface area contributed by atoms with Gasteiger partial charge in [-0.1, -0.05) is 35.5 Å². The Morgan fingerprint density at radius 2 is 1.95 bits per heavy atom. The molecule has 1 atom stereocenters. The van der Waals surface area contributed by atoms with Gasteiger partial charge < -0.3 is 4.74 Å². The molecule has 0 saturated carbocycles. The third-order valence-corrected chi connectivity index (χ3v) is 3.08. The van der Waals surface area contributed by atoms with Gasteiger partial charge in [-0.2, -0.15) is 13.2 Å². The van der Waals surface area contributed by atoms with Crippen LogP contribution in [0.5, 0.6) is 0 Å². The molecule has 2 aromatic rings. The lowest BCUT2D eigenvalue weighted by Crippen LogP contribution is -2.22. The predicted octanol–water partition coefficient (Wildman–Crippen LogP) is 3.08. The van der Waals surface area contributed by atoms with Crippen LogP contribution in [0.15, 0.2) is 30.3 Å². The molecule has 0 aliphatic heterocycles. The van der Waals surface area contributed by atoms with Crippen LogP contribution in [0, 0.1) is 0 Å². The van der Waals surface area contributed by atoms with E-state index < -0.39 is 29.6 Å². The first-order valence-corrected chi connectivity index (χ1v) is 6.60. The zero-order valence-electron chi connectivity index (χ0n) is 12.0. The SMILES string of the molecule is CCOC(=O)c1nnn([C@H](C)c2ccccc2)c1C(F)(F)F. The Morgan fingerprint density at radius 3 is 2.50 bits per heavy atom. The summed E-state index contributed by atoms with van der Waals surface area (Å²) in [4.78, 5) is 11.6. The van der Waals surface area contributed by atoms with E-state index in [1.807, 2.05) is 0 Å². The van der Waals surface area contributed by atoms with Gasteiger partial charge in [0, 0.05) is 0 Å². The maximum Gasteiger partial charge on any atom is 0.435 e. The largest absolute Gasteiger partial charge is 0.461 e. The third-order valence-electron chi connectivity index (χ3n) is 3.08. The van der Waals surface area contributed by atoms with Crippen LogP contribution in [0.1, 0.15) is 41.6 Å². The molecule has 1 heterocycles. The van der Waals surface area contributed by atoms with E-state index in [-0.39, 0.29) is 6.61 Å². The summed E-state index contributed by atoms with van der Waals surface area (Å²) in [7, 11) is 0. The number of rotatable bonds is 4. The van der Waals surface area contributed by atoms with E-state index in [1.165, 1.54) is 6.92 Å². The first-order valence-electron chi connectivity index (χ1n) is 6.60. The second kappa shape index (κ2) is 6.17. The Hall–Kier alpha value is -2.38. The Bertz CT molecular complexity index is 653. The Balaban J connectivity index is 2.51. The lowest BCUT2D eigenvalue weighted by molar-refractivity contribution is -0.145. The van der Waals surface area contributed by atoms with Crippen molar-refractivity contribution < 1.29 is 22.7 Å². The van der Waals surface area contributed by atoms with Gasteiger partial charge in [0.1, 0.15) is 0 Å². The minimum absolute atomic E-state index is 0.0444. The molecule has 0 fully saturated rings. The number of benzene rings is 1. The van der Waals surface area contributed by atoms with Crippen molar-refractivity contribution in [3.05, 3.63) is 47.3 Å². The number of hydrogen-bond donors (Lipinski definition) is 0. The number of aromatic nitrogens is 3. The molecule has 0 radical (unpaired) electrons. The van der Waals surface area contributed by atoms with E-state index in [0.717, 1.165) is 0 Å². The molecule has 0 aliphatic rings. The zero-order valence-corrected chi connectivity index (χ0v) is 12.0. The van der Waals surface area contributed by atoms with Gasteiger partial charge in [0.05, 0.1) is 12.6 Å². The zero-order chi connectivity index (χ0) is 16.3. The summed E-state index contributed by atoms with van der Waals surface area (Å²) in [6.45, 7) is 3.01. The summed E-state index contributed by atoms with van der Waals surface area (Å²) in [5.74, 6) is -1.14. The molecule has 0 spiro atoms. The van der Waals surface area contributed by atoms with Crippen LogP contribution in [0.25, 0.3) is 0 Å². The van der Waals surface area contributed by atoms with Gasteiger partial charge in [-0.15, -0.1) is 5.10 Å². The highest BCUT2D eigenvalue weighted by Crippen LogP contribution is 2.34. The van der Waals surface area contributed by atoms with E-state index in [1.54, 1.807) is 37.3 Å². The van der Waals surface area contributed by atoms with Crippen molar-refractivity contribution in [3.63, 3.8) is 0 Å². The topological polar surface area (TPSA) is 57.0 Å². The molecule has 0 saturated heterocycles. The lowest BCUT2D eigenvalue weighted by atomic mass is 10.1. The van der Waals surface area contributed by atoms with Crippen molar-refractivity contribution in [2.24, 2.45) is 0 Å². The normalized spacial score (nSPS) is 13.0. The van der Waals surface area contributed by atoms with Crippen molar-refractivity contribution >= 4 is 5.97 Å². The van der Waals surface area contributed by atoms with Gasteiger partial charge in [-0.25, -0.2) is 9.48 Å². The van der Waals surface area contributed by atoms with Crippen molar-refractivity contribution in [3.8, 4) is 0 Å². The van der Waals surface area contributed by atoms with Gasteiger partial charge in [0.2, 0.25) is 5.69 Å². The number of alkyl halides is 3. The third kappa shape index (κ3) is 3.10. The average molecular weight is 313 g/mol. The molecule has 22 heavy (non-hydrogen) atoms. The first-order chi connectivity index (χ1) is 10.4. The van der Waals surface area contributed by atoms with Gasteiger partial charge in [-0.3, -0.25) is 0 Å². The molecule has 0 bridgehead atoms. The Kier molecular flexibility index (Phi) is 4.48. The van der Waals surface area contributed by atoms with Crippen LogP contribution >= 0.6 is 0 Å². The van der Waals surface area contributed by atoms with Crippen LogP contribution in [-0.4, -0.2) is 27.6 Å². The lowest BCUT2D eigenvalue weighted by Gasteiger charge is -2.17. The monoisotopic (exact) mass is 313 g/mol. The summed E-state index contributed by atoms with van der Waals surface area (Å²) in [6.07, 6.45) is -4.77. The fraction of sp³-hybridized carbons (Fsp3) is 0.357. The van der Waals surface area contributed by atoms with Crippen molar-refractivity contribution in [2.75, 3.05) is 6.61 Å². The number of nitrogens with zero attached hydrogens (tertiary/aromatic N) is 3. The molecule has 5 nitrogen and oxygen atoms in total. The molecule has 0 aliphatic carbocycles. The first kappa shape index (κ1) is 16.0. The maximum absolute atomic E-state index is 13.3. The molecule has 2 rings (SSSR count). The molecule has 8 heteroatoms. The van der Waals surface area contributed by atoms with Crippen LogP contribution in [0.2, 0.25) is 0 Å². The van der Waals surface area contributed by atoms with Crippen LogP contribution in [-0.2, 0) is 10.9 Å². The van der Waals surface area contributed by atoms with E-state index in [9.17, 15) is 18.0 Å². The number of carbonyl (C=O) groups excluding carboxylic acids is 1. The van der Waals surface area contributed by atoms with Crippen molar-refractivity contribution in [1.29, 1.82) is 0 Å². The highest BCUT2D eigenvalue weighted by atomic mass is 19.4. The highest BCUT2D eigenvalue weighted by molar-refractivity contribution is 5.88.